The van der Waals surface area contributed by atoms with E-state index in [2.05, 4.69) is 41.5 Å². The predicted octanol–water partition coefficient (Wildman–Crippen LogP) is 2.37. The molecule has 0 saturated carbocycles. The number of rotatable bonds is 8. The zero-order valence-corrected chi connectivity index (χ0v) is 13.7. The monoisotopic (exact) mass is 297 g/mol. The third kappa shape index (κ3) is 5.48. The fourth-order valence-corrected chi connectivity index (χ4v) is 3.15. The average Bonchev–Trinajstić information content (AvgIpc) is 3.01. The molecule has 20 heavy (non-hydrogen) atoms. The Morgan fingerprint density at radius 3 is 2.95 bits per heavy atom. The highest BCUT2D eigenvalue weighted by Gasteiger charge is 2.25. The maximum absolute atomic E-state index is 6.11. The van der Waals surface area contributed by atoms with Crippen molar-refractivity contribution in [3.05, 3.63) is 16.6 Å². The molecule has 1 fully saturated rings. The zero-order valence-electron chi connectivity index (χ0n) is 12.8. The summed E-state index contributed by atoms with van der Waals surface area (Å²) in [7, 11) is 2.15. The van der Waals surface area contributed by atoms with Gasteiger partial charge in [0.2, 0.25) is 0 Å². The average molecular weight is 297 g/mol. The number of hydrogen-bond donors (Lipinski definition) is 1. The summed E-state index contributed by atoms with van der Waals surface area (Å²) >= 11 is 1.66. The zero-order chi connectivity index (χ0) is 14.4. The lowest BCUT2D eigenvalue weighted by molar-refractivity contribution is 0.0264. The Morgan fingerprint density at radius 2 is 2.25 bits per heavy atom. The third-order valence-electron chi connectivity index (χ3n) is 3.55. The van der Waals surface area contributed by atoms with E-state index in [-0.39, 0.29) is 0 Å². The van der Waals surface area contributed by atoms with Gasteiger partial charge in [-0.3, -0.25) is 4.90 Å². The molecule has 1 aliphatic rings. The van der Waals surface area contributed by atoms with Crippen molar-refractivity contribution < 1.29 is 4.74 Å². The van der Waals surface area contributed by atoms with Crippen LogP contribution in [0.1, 0.15) is 32.4 Å². The minimum atomic E-state index is 0.379. The molecule has 0 aliphatic carbocycles. The van der Waals surface area contributed by atoms with Crippen LogP contribution in [0.4, 0.5) is 0 Å². The molecule has 0 aromatic carbocycles. The van der Waals surface area contributed by atoms with Crippen LogP contribution in [-0.2, 0) is 11.3 Å². The summed E-state index contributed by atoms with van der Waals surface area (Å²) in [6.45, 7) is 8.45. The lowest BCUT2D eigenvalue weighted by Crippen LogP contribution is -2.32. The summed E-state index contributed by atoms with van der Waals surface area (Å²) in [6.07, 6.45) is 3.13. The maximum atomic E-state index is 6.11. The molecule has 5 heteroatoms. The van der Waals surface area contributed by atoms with Crippen LogP contribution in [0, 0.1) is 5.92 Å². The highest BCUT2D eigenvalue weighted by Crippen LogP contribution is 2.20. The molecule has 1 aromatic heterocycles. The number of aromatic nitrogens is 1. The predicted molar refractivity (Wildman–Crippen MR) is 84.1 cm³/mol. The molecule has 4 nitrogen and oxygen atoms in total. The molecule has 0 radical (unpaired) electrons. The molecule has 1 saturated heterocycles. The lowest BCUT2D eigenvalue weighted by atomic mass is 10.1. The molecule has 0 amide bonds. The fraction of sp³-hybridized carbons (Fsp3) is 0.800. The molecule has 2 atom stereocenters. The summed E-state index contributed by atoms with van der Waals surface area (Å²) < 4.78 is 6.11. The second-order valence-electron chi connectivity index (χ2n) is 6.19. The topological polar surface area (TPSA) is 37.4 Å². The van der Waals surface area contributed by atoms with Crippen molar-refractivity contribution in [2.24, 2.45) is 5.92 Å². The van der Waals surface area contributed by atoms with Gasteiger partial charge in [-0.15, -0.1) is 11.3 Å². The van der Waals surface area contributed by atoms with Crippen molar-refractivity contribution in [1.29, 1.82) is 0 Å². The molecule has 0 bridgehead atoms. The van der Waals surface area contributed by atoms with Crippen LogP contribution in [-0.4, -0.2) is 48.8 Å². The highest BCUT2D eigenvalue weighted by atomic mass is 32.1. The van der Waals surface area contributed by atoms with Gasteiger partial charge >= 0.3 is 0 Å². The summed E-state index contributed by atoms with van der Waals surface area (Å²) in [6, 6.07) is 0. The van der Waals surface area contributed by atoms with E-state index in [0.29, 0.717) is 18.1 Å². The van der Waals surface area contributed by atoms with Gasteiger partial charge in [0, 0.05) is 25.0 Å². The van der Waals surface area contributed by atoms with Crippen LogP contribution in [0.25, 0.3) is 0 Å². The van der Waals surface area contributed by atoms with Crippen LogP contribution < -0.4 is 5.32 Å². The van der Waals surface area contributed by atoms with E-state index in [4.69, 9.17) is 4.74 Å². The number of thiazole rings is 1. The number of nitrogens with one attached hydrogen (secondary N) is 1. The van der Waals surface area contributed by atoms with E-state index in [1.54, 1.807) is 11.3 Å². The number of hydrogen-bond acceptors (Lipinski definition) is 5. The Kier molecular flexibility index (Phi) is 6.42. The second kappa shape index (κ2) is 8.08. The van der Waals surface area contributed by atoms with Crippen molar-refractivity contribution in [2.45, 2.75) is 45.4 Å². The molecule has 2 rings (SSSR count). The molecule has 2 unspecified atom stereocenters. The first-order chi connectivity index (χ1) is 9.63. The SMILES string of the molecule is CC(C)CNCC1CCC(CN(C)Cc2cscn2)O1. The van der Waals surface area contributed by atoms with Gasteiger partial charge in [0.15, 0.2) is 0 Å². The van der Waals surface area contributed by atoms with Crippen LogP contribution >= 0.6 is 11.3 Å². The molecular weight excluding hydrogens is 270 g/mol. The molecule has 1 N–H and O–H groups in total. The first-order valence-corrected chi connectivity index (χ1v) is 8.49. The number of nitrogens with zero attached hydrogens (tertiary/aromatic N) is 2. The Hall–Kier alpha value is -0.490. The van der Waals surface area contributed by atoms with Crippen molar-refractivity contribution >= 4 is 11.3 Å². The van der Waals surface area contributed by atoms with E-state index in [9.17, 15) is 0 Å². The van der Waals surface area contributed by atoms with Gasteiger partial charge in [-0.2, -0.15) is 0 Å². The minimum absolute atomic E-state index is 0.379. The quantitative estimate of drug-likeness (QED) is 0.799. The standard InChI is InChI=1S/C15H27N3OS/c1-12(2)6-16-7-14-4-5-15(19-14)9-18(3)8-13-10-20-11-17-13/h10-12,14-16H,4-9H2,1-3H3. The van der Waals surface area contributed by atoms with Gasteiger partial charge < -0.3 is 10.1 Å². The summed E-state index contributed by atoms with van der Waals surface area (Å²) in [5.41, 5.74) is 3.05. The molecular formula is C15H27N3OS. The highest BCUT2D eigenvalue weighted by molar-refractivity contribution is 7.07. The minimum Gasteiger partial charge on any atom is -0.372 e. The maximum Gasteiger partial charge on any atom is 0.0795 e. The normalized spacial score (nSPS) is 23.1. The van der Waals surface area contributed by atoms with Crippen molar-refractivity contribution in [1.82, 2.24) is 15.2 Å². The first-order valence-electron chi connectivity index (χ1n) is 7.55. The smallest absolute Gasteiger partial charge is 0.0795 e. The Morgan fingerprint density at radius 1 is 1.45 bits per heavy atom. The van der Waals surface area contributed by atoms with Gasteiger partial charge in [0.1, 0.15) is 0 Å². The largest absolute Gasteiger partial charge is 0.372 e. The summed E-state index contributed by atoms with van der Waals surface area (Å²) in [4.78, 5) is 6.64. The van der Waals surface area contributed by atoms with Gasteiger partial charge in [-0.05, 0) is 32.4 Å². The van der Waals surface area contributed by atoms with Crippen molar-refractivity contribution in [2.75, 3.05) is 26.7 Å². The molecule has 0 spiro atoms. The third-order valence-corrected chi connectivity index (χ3v) is 4.19. The fourth-order valence-electron chi connectivity index (χ4n) is 2.60. The lowest BCUT2D eigenvalue weighted by Gasteiger charge is -2.21. The number of ether oxygens (including phenoxy) is 1. The van der Waals surface area contributed by atoms with E-state index < -0.39 is 0 Å². The van der Waals surface area contributed by atoms with Crippen LogP contribution in [0.5, 0.6) is 0 Å². The molecule has 1 aliphatic heterocycles. The second-order valence-corrected chi connectivity index (χ2v) is 6.90. The Bertz CT molecular complexity index is 369. The van der Waals surface area contributed by atoms with E-state index in [0.717, 1.165) is 31.9 Å². The Balaban J connectivity index is 1.62. The molecule has 114 valence electrons. The summed E-state index contributed by atoms with van der Waals surface area (Å²) in [5.74, 6) is 0.705. The molecule has 1 aromatic rings. The molecule has 2 heterocycles. The van der Waals surface area contributed by atoms with Gasteiger partial charge in [-0.25, -0.2) is 4.98 Å². The van der Waals surface area contributed by atoms with Crippen molar-refractivity contribution in [3.63, 3.8) is 0 Å². The number of likely N-dealkylation sites (N-methyl/N-ethyl adjacent to an activating group) is 1. The Labute approximate surface area is 126 Å². The summed E-state index contributed by atoms with van der Waals surface area (Å²) in [5, 5.41) is 5.61. The van der Waals surface area contributed by atoms with Crippen LogP contribution in [0.15, 0.2) is 10.9 Å². The van der Waals surface area contributed by atoms with E-state index >= 15 is 0 Å². The van der Waals surface area contributed by atoms with E-state index in [1.807, 2.05) is 5.51 Å². The van der Waals surface area contributed by atoms with Crippen molar-refractivity contribution in [3.8, 4) is 0 Å². The van der Waals surface area contributed by atoms with E-state index in [1.165, 1.54) is 12.8 Å². The first kappa shape index (κ1) is 15.9. The van der Waals surface area contributed by atoms with Crippen LogP contribution in [0.2, 0.25) is 0 Å². The van der Waals surface area contributed by atoms with Crippen LogP contribution in [0.3, 0.4) is 0 Å². The van der Waals surface area contributed by atoms with Gasteiger partial charge in [0.25, 0.3) is 0 Å². The van der Waals surface area contributed by atoms with Gasteiger partial charge in [0.05, 0.1) is 23.4 Å². The van der Waals surface area contributed by atoms with Gasteiger partial charge in [-0.1, -0.05) is 13.8 Å².